The van der Waals surface area contributed by atoms with Crippen LogP contribution in [0.2, 0.25) is 0 Å². The molecule has 8 heteroatoms. The molecule has 2 N–H and O–H groups in total. The maximum Gasteiger partial charge on any atom is 0.271 e. The van der Waals surface area contributed by atoms with Crippen LogP contribution in [-0.2, 0) is 20.2 Å². The molecule has 0 saturated carbocycles. The van der Waals surface area contributed by atoms with Gasteiger partial charge in [0.25, 0.3) is 20.2 Å². The van der Waals surface area contributed by atoms with Crippen LogP contribution < -0.4 is 0 Å². The highest BCUT2D eigenvalue weighted by molar-refractivity contribution is 7.87. The van der Waals surface area contributed by atoms with Gasteiger partial charge in [-0.05, 0) is 17.5 Å². The van der Waals surface area contributed by atoms with Gasteiger partial charge in [-0.15, -0.1) is 0 Å². The van der Waals surface area contributed by atoms with Crippen molar-refractivity contribution in [1.82, 2.24) is 0 Å². The average molecular weight is 408 g/mol. The molecule has 0 radical (unpaired) electrons. The SMILES string of the molecule is O=S(=O)(O)C(/C=C/c1ccccc1)CC(/C=C/c1ccccc1)S(=O)(=O)O. The third-order valence-electron chi connectivity index (χ3n) is 3.84. The van der Waals surface area contributed by atoms with Crippen LogP contribution >= 0.6 is 0 Å². The lowest BCUT2D eigenvalue weighted by Gasteiger charge is -2.15. The Balaban J connectivity index is 2.28. The third-order valence-corrected chi connectivity index (χ3v) is 6.07. The van der Waals surface area contributed by atoms with Crippen molar-refractivity contribution in [3.63, 3.8) is 0 Å². The summed E-state index contributed by atoms with van der Waals surface area (Å²) in [5.74, 6) is 0. The maximum atomic E-state index is 11.7. The molecule has 0 heterocycles. The first-order valence-electron chi connectivity index (χ1n) is 8.05. The molecular formula is C19H20O6S2. The van der Waals surface area contributed by atoms with Crippen molar-refractivity contribution in [1.29, 1.82) is 0 Å². The summed E-state index contributed by atoms with van der Waals surface area (Å²) in [5.41, 5.74) is 1.38. The fourth-order valence-corrected chi connectivity index (χ4v) is 3.97. The van der Waals surface area contributed by atoms with Crippen molar-refractivity contribution in [3.05, 3.63) is 83.9 Å². The molecule has 2 aromatic carbocycles. The van der Waals surface area contributed by atoms with Gasteiger partial charge < -0.3 is 0 Å². The lowest BCUT2D eigenvalue weighted by molar-refractivity contribution is 0.462. The zero-order valence-corrected chi connectivity index (χ0v) is 15.9. The predicted octanol–water partition coefficient (Wildman–Crippen LogP) is 3.32. The van der Waals surface area contributed by atoms with Gasteiger partial charge in [-0.25, -0.2) is 0 Å². The van der Waals surface area contributed by atoms with Gasteiger partial charge in [0.15, 0.2) is 0 Å². The summed E-state index contributed by atoms with van der Waals surface area (Å²) in [6.45, 7) is 0. The molecule has 2 unspecified atom stereocenters. The molecule has 2 aromatic rings. The van der Waals surface area contributed by atoms with Crippen LogP contribution in [0.4, 0.5) is 0 Å². The monoisotopic (exact) mass is 408 g/mol. The molecule has 0 saturated heterocycles. The van der Waals surface area contributed by atoms with Gasteiger partial charge in [-0.1, -0.05) is 85.0 Å². The van der Waals surface area contributed by atoms with Crippen molar-refractivity contribution in [2.24, 2.45) is 0 Å². The van der Waals surface area contributed by atoms with Gasteiger partial charge in [-0.3, -0.25) is 9.11 Å². The first kappa shape index (κ1) is 21.0. The molecule has 0 bridgehead atoms. The molecule has 144 valence electrons. The molecule has 6 nitrogen and oxygen atoms in total. The predicted molar refractivity (Wildman–Crippen MR) is 106 cm³/mol. The first-order valence-corrected chi connectivity index (χ1v) is 11.1. The minimum Gasteiger partial charge on any atom is -0.285 e. The summed E-state index contributed by atoms with van der Waals surface area (Å²) in [6, 6.07) is 17.5. The number of hydrogen-bond acceptors (Lipinski definition) is 4. The normalized spacial score (nSPS) is 15.2. The van der Waals surface area contributed by atoms with E-state index in [1.165, 1.54) is 24.3 Å². The van der Waals surface area contributed by atoms with E-state index in [0.717, 1.165) is 0 Å². The van der Waals surface area contributed by atoms with Gasteiger partial charge >= 0.3 is 0 Å². The smallest absolute Gasteiger partial charge is 0.271 e. The maximum absolute atomic E-state index is 11.7. The Kier molecular flexibility index (Phi) is 7.09. The van der Waals surface area contributed by atoms with E-state index >= 15 is 0 Å². The van der Waals surface area contributed by atoms with Crippen molar-refractivity contribution in [3.8, 4) is 0 Å². The highest BCUT2D eigenvalue weighted by Crippen LogP contribution is 2.18. The van der Waals surface area contributed by atoms with Crippen molar-refractivity contribution < 1.29 is 25.9 Å². The Morgan fingerprint density at radius 2 is 1.00 bits per heavy atom. The summed E-state index contributed by atoms with van der Waals surface area (Å²) in [6.07, 6.45) is 4.84. The fraction of sp³-hybridized carbons (Fsp3) is 0.158. The third kappa shape index (κ3) is 7.10. The Bertz CT molecular complexity index is 911. The molecule has 27 heavy (non-hydrogen) atoms. The standard InChI is InChI=1S/C19H20O6S2/c20-26(21,22)18(13-11-16-7-3-1-4-8-16)15-19(27(23,24)25)14-12-17-9-5-2-6-10-17/h1-14,18-19H,15H2,(H,20,21,22)(H,23,24,25)/b13-11+,14-12+. The summed E-state index contributed by atoms with van der Waals surface area (Å²) in [5, 5.41) is -2.99. The quantitative estimate of drug-likeness (QED) is 0.649. The Morgan fingerprint density at radius 1 is 0.667 bits per heavy atom. The van der Waals surface area contributed by atoms with Crippen molar-refractivity contribution in [2.45, 2.75) is 16.9 Å². The zero-order chi connectivity index (χ0) is 19.9. The van der Waals surface area contributed by atoms with Crippen molar-refractivity contribution >= 4 is 32.4 Å². The van der Waals surface area contributed by atoms with E-state index < -0.39 is 37.2 Å². The molecule has 0 aliphatic heterocycles. The number of rotatable bonds is 8. The summed E-state index contributed by atoms with van der Waals surface area (Å²) in [4.78, 5) is 0. The second-order valence-electron chi connectivity index (χ2n) is 5.88. The molecule has 0 fully saturated rings. The van der Waals surface area contributed by atoms with Gasteiger partial charge in [0.2, 0.25) is 0 Å². The van der Waals surface area contributed by atoms with Crippen LogP contribution in [0.3, 0.4) is 0 Å². The van der Waals surface area contributed by atoms with Gasteiger partial charge in [0.05, 0.1) is 0 Å². The molecule has 2 atom stereocenters. The van der Waals surface area contributed by atoms with E-state index in [0.29, 0.717) is 11.1 Å². The summed E-state index contributed by atoms with van der Waals surface area (Å²) < 4.78 is 65.7. The molecule has 0 aliphatic carbocycles. The molecule has 0 aliphatic rings. The Morgan fingerprint density at radius 3 is 1.30 bits per heavy atom. The molecular weight excluding hydrogens is 388 g/mol. The molecule has 0 spiro atoms. The van der Waals surface area contributed by atoms with Gasteiger partial charge in [0.1, 0.15) is 10.5 Å². The average Bonchev–Trinajstić information content (AvgIpc) is 2.60. The highest BCUT2D eigenvalue weighted by atomic mass is 32.2. The number of benzene rings is 2. The van der Waals surface area contributed by atoms with Crippen molar-refractivity contribution in [2.75, 3.05) is 0 Å². The largest absolute Gasteiger partial charge is 0.285 e. The minimum absolute atomic E-state index is 0.523. The molecule has 0 amide bonds. The van der Waals surface area contributed by atoms with E-state index in [9.17, 15) is 25.9 Å². The van der Waals surface area contributed by atoms with Crippen LogP contribution in [0, 0.1) is 0 Å². The van der Waals surface area contributed by atoms with Crippen LogP contribution in [0.15, 0.2) is 72.8 Å². The fourth-order valence-electron chi connectivity index (χ4n) is 2.39. The second kappa shape index (κ2) is 9.09. The van der Waals surface area contributed by atoms with Gasteiger partial charge in [-0.2, -0.15) is 16.8 Å². The van der Waals surface area contributed by atoms with Gasteiger partial charge in [0, 0.05) is 0 Å². The lowest BCUT2D eigenvalue weighted by Crippen LogP contribution is -2.28. The van der Waals surface area contributed by atoms with E-state index in [1.807, 2.05) is 0 Å². The van der Waals surface area contributed by atoms with Crippen LogP contribution in [0.25, 0.3) is 12.2 Å². The topological polar surface area (TPSA) is 109 Å². The summed E-state index contributed by atoms with van der Waals surface area (Å²) >= 11 is 0. The summed E-state index contributed by atoms with van der Waals surface area (Å²) in [7, 11) is -9.14. The van der Waals surface area contributed by atoms with E-state index in [4.69, 9.17) is 0 Å². The number of hydrogen-bond donors (Lipinski definition) is 2. The lowest BCUT2D eigenvalue weighted by atomic mass is 10.1. The Hall–Kier alpha value is -2.26. The molecule has 0 aromatic heterocycles. The van der Waals surface area contributed by atoms with Crippen LogP contribution in [0.5, 0.6) is 0 Å². The van der Waals surface area contributed by atoms with Crippen LogP contribution in [0.1, 0.15) is 17.5 Å². The first-order chi connectivity index (χ1) is 12.7. The minimum atomic E-state index is -4.57. The highest BCUT2D eigenvalue weighted by Gasteiger charge is 2.29. The van der Waals surface area contributed by atoms with E-state index in [1.54, 1.807) is 60.7 Å². The van der Waals surface area contributed by atoms with E-state index in [2.05, 4.69) is 0 Å². The second-order valence-corrected chi connectivity index (χ2v) is 9.15. The zero-order valence-electron chi connectivity index (χ0n) is 14.3. The molecule has 2 rings (SSSR count). The van der Waals surface area contributed by atoms with Crippen LogP contribution in [-0.4, -0.2) is 36.4 Å². The van der Waals surface area contributed by atoms with E-state index in [-0.39, 0.29) is 0 Å². The Labute approximate surface area is 159 Å².